The van der Waals surface area contributed by atoms with Gasteiger partial charge in [0.25, 0.3) is 5.91 Å². The number of carbonyl (C=O) groups excluding carboxylic acids is 1. The van der Waals surface area contributed by atoms with Crippen molar-refractivity contribution in [1.29, 1.82) is 0 Å². The molecule has 1 atom stereocenters. The summed E-state index contributed by atoms with van der Waals surface area (Å²) >= 11 is 0. The van der Waals surface area contributed by atoms with E-state index in [0.29, 0.717) is 16.6 Å². The average Bonchev–Trinajstić information content (AvgIpc) is 2.98. The van der Waals surface area contributed by atoms with Gasteiger partial charge >= 0.3 is 12.6 Å². The lowest BCUT2D eigenvalue weighted by molar-refractivity contribution is -0.138. The summed E-state index contributed by atoms with van der Waals surface area (Å²) in [6, 6.07) is 7.54. The highest BCUT2D eigenvalue weighted by atomic mass is 19.3. The second-order valence-electron chi connectivity index (χ2n) is 6.85. The lowest BCUT2D eigenvalue weighted by atomic mass is 9.94. The van der Waals surface area contributed by atoms with Gasteiger partial charge in [-0.3, -0.25) is 14.2 Å². The molecule has 0 aliphatic rings. The number of hydrogen-bond donors (Lipinski definition) is 1. The van der Waals surface area contributed by atoms with Crippen LogP contribution in [0.1, 0.15) is 40.9 Å². The molecule has 0 bridgehead atoms. The Morgan fingerprint density at radius 1 is 1.16 bits per heavy atom. The number of rotatable bonds is 7. The number of ether oxygens (including phenoxy) is 2. The van der Waals surface area contributed by atoms with Crippen LogP contribution >= 0.6 is 0 Å². The number of methoxy groups -OCH3 is 1. The van der Waals surface area contributed by atoms with Gasteiger partial charge in [0, 0.05) is 22.7 Å². The molecule has 0 saturated heterocycles. The molecule has 1 aromatic heterocycles. The topological polar surface area (TPSA) is 77.8 Å². The molecule has 0 saturated carbocycles. The Bertz CT molecular complexity index is 1140. The lowest BCUT2D eigenvalue weighted by Gasteiger charge is -2.12. The van der Waals surface area contributed by atoms with Gasteiger partial charge in [0.15, 0.2) is 11.6 Å². The fraction of sp³-hybridized carbons (Fsp3) is 0.273. The fourth-order valence-electron chi connectivity index (χ4n) is 3.71. The maximum atomic E-state index is 14.5. The zero-order chi connectivity index (χ0) is 22.9. The number of aliphatic carboxylic acids is 1. The number of carboxylic acid groups (broad SMARTS) is 1. The van der Waals surface area contributed by atoms with Crippen molar-refractivity contribution in [3.8, 4) is 11.5 Å². The highest BCUT2D eigenvalue weighted by Crippen LogP contribution is 2.37. The monoisotopic (exact) mass is 435 g/mol. The maximum Gasteiger partial charge on any atom is 0.387 e. The summed E-state index contributed by atoms with van der Waals surface area (Å²) < 4.78 is 49.7. The lowest BCUT2D eigenvalue weighted by Crippen LogP contribution is -2.16. The first-order chi connectivity index (χ1) is 14.7. The van der Waals surface area contributed by atoms with E-state index in [1.54, 1.807) is 13.8 Å². The molecule has 0 aliphatic carbocycles. The minimum atomic E-state index is -3.00. The first kappa shape index (κ1) is 22.2. The molecule has 1 N–H and O–H groups in total. The molecule has 0 aliphatic heterocycles. The third kappa shape index (κ3) is 4.08. The van der Waals surface area contributed by atoms with Crippen LogP contribution in [-0.4, -0.2) is 35.3 Å². The number of carboxylic acids is 1. The number of hydrogen-bond acceptors (Lipinski definition) is 4. The van der Waals surface area contributed by atoms with Crippen molar-refractivity contribution in [2.24, 2.45) is 0 Å². The molecule has 0 amide bonds. The minimum Gasteiger partial charge on any atom is -0.494 e. The molecule has 31 heavy (non-hydrogen) atoms. The van der Waals surface area contributed by atoms with Gasteiger partial charge in [-0.1, -0.05) is 6.92 Å². The van der Waals surface area contributed by atoms with Crippen molar-refractivity contribution in [2.75, 3.05) is 7.11 Å². The molecule has 0 fully saturated rings. The van der Waals surface area contributed by atoms with Gasteiger partial charge in [0.1, 0.15) is 5.75 Å². The van der Waals surface area contributed by atoms with Crippen LogP contribution in [0.15, 0.2) is 36.4 Å². The molecular formula is C22H20F3NO5. The standard InChI is InChI=1S/C22H20F3NO5/c1-4-14(21(28)29)19-11(2)26(17-10-16(23)18(30-3)9-15(17)19)20(27)12-5-7-13(8-6-12)31-22(24)25/h5-10,14,22H,4H2,1-3H3,(H,28,29). The van der Waals surface area contributed by atoms with Gasteiger partial charge < -0.3 is 14.6 Å². The molecule has 0 radical (unpaired) electrons. The normalized spacial score (nSPS) is 12.2. The Labute approximate surface area is 175 Å². The van der Waals surface area contributed by atoms with E-state index >= 15 is 0 Å². The first-order valence-corrected chi connectivity index (χ1v) is 9.40. The predicted molar refractivity (Wildman–Crippen MR) is 107 cm³/mol. The quantitative estimate of drug-likeness (QED) is 0.567. The van der Waals surface area contributed by atoms with Gasteiger partial charge in [0.05, 0.1) is 18.5 Å². The number of halogens is 3. The molecule has 1 unspecified atom stereocenters. The van der Waals surface area contributed by atoms with Crippen LogP contribution in [0.25, 0.3) is 10.9 Å². The van der Waals surface area contributed by atoms with Crippen molar-refractivity contribution in [1.82, 2.24) is 4.57 Å². The van der Waals surface area contributed by atoms with E-state index in [-0.39, 0.29) is 29.0 Å². The second kappa shape index (κ2) is 8.71. The van der Waals surface area contributed by atoms with E-state index in [2.05, 4.69) is 4.74 Å². The highest BCUT2D eigenvalue weighted by molar-refractivity contribution is 6.05. The molecule has 1 heterocycles. The third-order valence-corrected chi connectivity index (χ3v) is 5.11. The Hall–Kier alpha value is -3.49. The largest absolute Gasteiger partial charge is 0.494 e. The number of fused-ring (bicyclic) bond motifs is 1. The van der Waals surface area contributed by atoms with Gasteiger partial charge in [0.2, 0.25) is 0 Å². The number of alkyl halides is 2. The molecule has 2 aromatic carbocycles. The van der Waals surface area contributed by atoms with E-state index in [4.69, 9.17) is 4.74 Å². The van der Waals surface area contributed by atoms with Crippen LogP contribution < -0.4 is 9.47 Å². The zero-order valence-corrected chi connectivity index (χ0v) is 17.0. The zero-order valence-electron chi connectivity index (χ0n) is 17.0. The van der Waals surface area contributed by atoms with Crippen molar-refractivity contribution < 1.29 is 37.3 Å². The molecule has 164 valence electrons. The number of nitrogens with zero attached hydrogens (tertiary/aromatic N) is 1. The van der Waals surface area contributed by atoms with Crippen LogP contribution in [0, 0.1) is 12.7 Å². The Balaban J connectivity index is 2.22. The van der Waals surface area contributed by atoms with Crippen LogP contribution in [0.5, 0.6) is 11.5 Å². The number of aromatic nitrogens is 1. The van der Waals surface area contributed by atoms with Crippen molar-refractivity contribution in [3.63, 3.8) is 0 Å². The van der Waals surface area contributed by atoms with Gasteiger partial charge in [-0.25, -0.2) is 4.39 Å². The van der Waals surface area contributed by atoms with Gasteiger partial charge in [-0.05, 0) is 49.2 Å². The van der Waals surface area contributed by atoms with E-state index in [9.17, 15) is 27.9 Å². The fourth-order valence-corrected chi connectivity index (χ4v) is 3.71. The van der Waals surface area contributed by atoms with Crippen LogP contribution in [0.3, 0.4) is 0 Å². The first-order valence-electron chi connectivity index (χ1n) is 9.40. The summed E-state index contributed by atoms with van der Waals surface area (Å²) in [5, 5.41) is 10.1. The van der Waals surface area contributed by atoms with Crippen molar-refractivity contribution in [3.05, 3.63) is 59.0 Å². The molecule has 6 nitrogen and oxygen atoms in total. The van der Waals surface area contributed by atoms with E-state index in [0.717, 1.165) is 6.07 Å². The smallest absolute Gasteiger partial charge is 0.387 e. The Morgan fingerprint density at radius 2 is 1.81 bits per heavy atom. The van der Waals surface area contributed by atoms with Crippen LogP contribution in [0.2, 0.25) is 0 Å². The summed E-state index contributed by atoms with van der Waals surface area (Å²) in [5.74, 6) is -3.47. The molecule has 3 aromatic rings. The molecule has 0 spiro atoms. The Kier molecular flexibility index (Phi) is 6.24. The average molecular weight is 435 g/mol. The van der Waals surface area contributed by atoms with Gasteiger partial charge in [-0.15, -0.1) is 0 Å². The van der Waals surface area contributed by atoms with Crippen molar-refractivity contribution in [2.45, 2.75) is 32.8 Å². The van der Waals surface area contributed by atoms with E-state index in [1.165, 1.54) is 42.0 Å². The Morgan fingerprint density at radius 3 is 2.32 bits per heavy atom. The van der Waals surface area contributed by atoms with Gasteiger partial charge in [-0.2, -0.15) is 8.78 Å². The summed E-state index contributed by atoms with van der Waals surface area (Å²) in [5.41, 5.74) is 1.04. The summed E-state index contributed by atoms with van der Waals surface area (Å²) in [7, 11) is 1.29. The predicted octanol–water partition coefficient (Wildman–Crippen LogP) is 4.97. The number of benzene rings is 2. The molecule has 9 heteroatoms. The maximum absolute atomic E-state index is 14.5. The summed E-state index contributed by atoms with van der Waals surface area (Å²) in [4.78, 5) is 25.1. The number of carbonyl (C=O) groups is 2. The van der Waals surface area contributed by atoms with Crippen molar-refractivity contribution >= 4 is 22.8 Å². The van der Waals surface area contributed by atoms with E-state index in [1.807, 2.05) is 0 Å². The second-order valence-corrected chi connectivity index (χ2v) is 6.85. The molecular weight excluding hydrogens is 415 g/mol. The molecule has 3 rings (SSSR count). The summed E-state index contributed by atoms with van der Waals surface area (Å²) in [6.07, 6.45) is 0.253. The summed E-state index contributed by atoms with van der Waals surface area (Å²) in [6.45, 7) is 0.281. The SMILES string of the molecule is CCC(C(=O)O)c1c(C)n(C(=O)c2ccc(OC(F)F)cc2)c2cc(F)c(OC)cc12. The highest BCUT2D eigenvalue weighted by Gasteiger charge is 2.29. The van der Waals surface area contributed by atoms with E-state index < -0.39 is 30.2 Å². The third-order valence-electron chi connectivity index (χ3n) is 5.11. The van der Waals surface area contributed by atoms with Crippen LogP contribution in [0.4, 0.5) is 13.2 Å². The minimum absolute atomic E-state index is 0.0768. The van der Waals surface area contributed by atoms with Crippen LogP contribution in [-0.2, 0) is 4.79 Å².